The Morgan fingerprint density at radius 2 is 1.12 bits per heavy atom. The van der Waals surface area contributed by atoms with Crippen LogP contribution < -0.4 is 25.5 Å². The molecule has 2 nitrogen and oxygen atoms in total. The van der Waals surface area contributed by atoms with E-state index in [1.165, 1.54) is 116 Å². The van der Waals surface area contributed by atoms with E-state index in [1.807, 2.05) is 11.3 Å². The predicted molar refractivity (Wildman–Crippen MR) is 251 cm³/mol. The second-order valence-corrected chi connectivity index (χ2v) is 18.1. The van der Waals surface area contributed by atoms with Gasteiger partial charge in [-0.1, -0.05) is 141 Å². The van der Waals surface area contributed by atoms with Crippen molar-refractivity contribution in [2.75, 3.05) is 9.80 Å². The van der Waals surface area contributed by atoms with Crippen molar-refractivity contribution >= 4 is 78.0 Å². The monoisotopic (exact) mass is 770 g/mol. The van der Waals surface area contributed by atoms with Gasteiger partial charge in [0.1, 0.15) is 0 Å². The zero-order valence-electron chi connectivity index (χ0n) is 33.2. The molecule has 2 aliphatic heterocycles. The van der Waals surface area contributed by atoms with Crippen LogP contribution in [0.1, 0.15) is 53.1 Å². The Morgan fingerprint density at radius 3 is 1.86 bits per heavy atom. The second kappa shape index (κ2) is 12.0. The molecule has 2 aliphatic carbocycles. The maximum Gasteiger partial charge on any atom is 0.264 e. The molecule has 0 saturated heterocycles. The first kappa shape index (κ1) is 33.4. The summed E-state index contributed by atoms with van der Waals surface area (Å²) in [5.41, 5.74) is 23.3. The van der Waals surface area contributed by atoms with E-state index in [-0.39, 0.29) is 6.71 Å². The van der Waals surface area contributed by atoms with Crippen LogP contribution in [0.4, 0.5) is 34.1 Å². The highest BCUT2D eigenvalue weighted by atomic mass is 32.1. The zero-order valence-corrected chi connectivity index (χ0v) is 34.0. The molecule has 4 aliphatic rings. The predicted octanol–water partition coefficient (Wildman–Crippen LogP) is 12.8. The molecule has 1 spiro atoms. The van der Waals surface area contributed by atoms with Crippen LogP contribution in [0.15, 0.2) is 176 Å². The Labute approximate surface area is 349 Å². The van der Waals surface area contributed by atoms with Crippen LogP contribution in [-0.2, 0) is 5.41 Å². The third kappa shape index (κ3) is 4.27. The third-order valence-electron chi connectivity index (χ3n) is 13.7. The molecule has 59 heavy (non-hydrogen) atoms. The molecule has 0 unspecified atom stereocenters. The van der Waals surface area contributed by atoms with E-state index < -0.39 is 5.41 Å². The van der Waals surface area contributed by atoms with E-state index in [1.54, 1.807) is 0 Å². The van der Waals surface area contributed by atoms with Gasteiger partial charge in [-0.05, 0) is 128 Å². The van der Waals surface area contributed by atoms with Crippen molar-refractivity contribution in [2.24, 2.45) is 0 Å². The van der Waals surface area contributed by atoms with Crippen molar-refractivity contribution in [2.45, 2.75) is 32.1 Å². The van der Waals surface area contributed by atoms with Gasteiger partial charge in [-0.2, -0.15) is 0 Å². The Balaban J connectivity index is 1.14. The van der Waals surface area contributed by atoms with Crippen LogP contribution in [0.2, 0.25) is 0 Å². The van der Waals surface area contributed by atoms with Crippen molar-refractivity contribution < 1.29 is 0 Å². The van der Waals surface area contributed by atoms with Crippen molar-refractivity contribution in [1.29, 1.82) is 0 Å². The van der Waals surface area contributed by atoms with Crippen LogP contribution in [0.5, 0.6) is 0 Å². The molecule has 0 saturated carbocycles. The number of nitrogens with zero attached hydrogens (tertiary/aromatic N) is 2. The molecule has 278 valence electrons. The topological polar surface area (TPSA) is 6.48 Å². The number of hydrogen-bond acceptors (Lipinski definition) is 3. The quantitative estimate of drug-likeness (QED) is 0.165. The first-order valence-corrected chi connectivity index (χ1v) is 21.7. The summed E-state index contributed by atoms with van der Waals surface area (Å²) in [6.07, 6.45) is 0. The first-order valence-electron chi connectivity index (χ1n) is 20.9. The van der Waals surface area contributed by atoms with Gasteiger partial charge < -0.3 is 9.80 Å². The smallest absolute Gasteiger partial charge is 0.264 e. The standard InChI is InChI=1S/C55H39BN2S/c1-33(2)35-26-29-40-41-31-42-51(32-46(41)55(45(40)30-35)43-18-9-7-16-38(43)39-17-8-10-19-44(39)55)59-54-53(42)58(37-27-24-34(3)25-28-37)50-23-13-22-49-52(50)56(54)47-20-11-12-21-48(47)57(49)36-14-5-4-6-15-36/h4-33H,1-3H3. The van der Waals surface area contributed by atoms with Gasteiger partial charge >= 0.3 is 0 Å². The number of benzene rings is 8. The Kier molecular flexibility index (Phi) is 6.77. The summed E-state index contributed by atoms with van der Waals surface area (Å²) in [5.74, 6) is 0.424. The summed E-state index contributed by atoms with van der Waals surface area (Å²) in [6.45, 7) is 6.91. The van der Waals surface area contributed by atoms with E-state index >= 15 is 0 Å². The fourth-order valence-electron chi connectivity index (χ4n) is 11.2. The lowest BCUT2D eigenvalue weighted by molar-refractivity contribution is 0.785. The highest BCUT2D eigenvalue weighted by Gasteiger charge is 2.53. The molecule has 0 bridgehead atoms. The van der Waals surface area contributed by atoms with Crippen molar-refractivity contribution in [3.8, 4) is 22.3 Å². The lowest BCUT2D eigenvalue weighted by Crippen LogP contribution is -2.60. The number of anilines is 6. The van der Waals surface area contributed by atoms with Crippen molar-refractivity contribution in [1.82, 2.24) is 0 Å². The third-order valence-corrected chi connectivity index (χ3v) is 14.9. The molecule has 0 amide bonds. The summed E-state index contributed by atoms with van der Waals surface area (Å²) in [6, 6.07) is 67.0. The highest BCUT2D eigenvalue weighted by molar-refractivity contribution is 7.33. The number of thiophene rings is 1. The summed E-state index contributed by atoms with van der Waals surface area (Å²) in [4.78, 5) is 5.06. The van der Waals surface area contributed by atoms with Crippen molar-refractivity contribution in [3.05, 3.63) is 209 Å². The largest absolute Gasteiger partial charge is 0.311 e. The van der Waals surface area contributed by atoms with Crippen LogP contribution in [-0.4, -0.2) is 6.71 Å². The Hall–Kier alpha value is -6.62. The average Bonchev–Trinajstić information content (AvgIpc) is 3.89. The summed E-state index contributed by atoms with van der Waals surface area (Å²) >= 11 is 2.00. The Bertz CT molecular complexity index is 3190. The Morgan fingerprint density at radius 1 is 0.508 bits per heavy atom. The van der Waals surface area contributed by atoms with Crippen LogP contribution >= 0.6 is 11.3 Å². The molecular weight excluding hydrogens is 731 g/mol. The number of para-hydroxylation sites is 2. The summed E-state index contributed by atoms with van der Waals surface area (Å²) < 4.78 is 2.74. The molecule has 0 radical (unpaired) electrons. The fourth-order valence-corrected chi connectivity index (χ4v) is 12.5. The zero-order chi connectivity index (χ0) is 39.1. The van der Waals surface area contributed by atoms with E-state index in [9.17, 15) is 0 Å². The van der Waals surface area contributed by atoms with Crippen LogP contribution in [0.25, 0.3) is 32.3 Å². The molecule has 8 aromatic carbocycles. The normalized spacial score (nSPS) is 14.5. The average molecular weight is 771 g/mol. The minimum absolute atomic E-state index is 0.0871. The molecule has 3 heterocycles. The number of hydrogen-bond donors (Lipinski definition) is 0. The molecular formula is C55H39BN2S. The van der Waals surface area contributed by atoms with Crippen molar-refractivity contribution in [3.63, 3.8) is 0 Å². The van der Waals surface area contributed by atoms with E-state index in [4.69, 9.17) is 0 Å². The maximum absolute atomic E-state index is 2.60. The van der Waals surface area contributed by atoms with Crippen LogP contribution in [0.3, 0.4) is 0 Å². The molecule has 0 fully saturated rings. The fraction of sp³-hybridized carbons (Fsp3) is 0.0909. The number of aryl methyl sites for hydroxylation is 1. The molecule has 4 heteroatoms. The first-order chi connectivity index (χ1) is 29.0. The second-order valence-electron chi connectivity index (χ2n) is 17.1. The van der Waals surface area contributed by atoms with Gasteiger partial charge in [-0.3, -0.25) is 0 Å². The minimum Gasteiger partial charge on any atom is -0.311 e. The summed E-state index contributed by atoms with van der Waals surface area (Å²) in [5, 5.41) is 1.32. The minimum atomic E-state index is -0.401. The molecule has 9 aromatic rings. The number of rotatable bonds is 3. The lowest BCUT2D eigenvalue weighted by atomic mass is 9.36. The number of fused-ring (bicyclic) bond motifs is 16. The van der Waals surface area contributed by atoms with Gasteiger partial charge in [0.2, 0.25) is 0 Å². The van der Waals surface area contributed by atoms with E-state index in [2.05, 4.69) is 206 Å². The van der Waals surface area contributed by atoms with E-state index in [0.717, 1.165) is 0 Å². The summed E-state index contributed by atoms with van der Waals surface area (Å²) in [7, 11) is 0. The molecule has 13 rings (SSSR count). The van der Waals surface area contributed by atoms with E-state index in [0.29, 0.717) is 5.92 Å². The maximum atomic E-state index is 2.60. The highest BCUT2D eigenvalue weighted by Crippen LogP contribution is 2.64. The molecule has 0 atom stereocenters. The van der Waals surface area contributed by atoms with Gasteiger partial charge in [0.05, 0.1) is 11.1 Å². The van der Waals surface area contributed by atoms with Gasteiger partial charge in [0, 0.05) is 43.3 Å². The van der Waals surface area contributed by atoms with Gasteiger partial charge in [-0.25, -0.2) is 0 Å². The SMILES string of the molecule is Cc1ccc(N2c3cccc4c3B(c3ccccc3N4c3ccccc3)c3sc4cc5c(cc4c32)-c2ccc(C(C)C)cc2C52c3ccccc3-c3ccccc32)cc1. The molecule has 1 aromatic heterocycles. The van der Waals surface area contributed by atoms with Crippen LogP contribution in [0, 0.1) is 6.92 Å². The molecule has 0 N–H and O–H groups in total. The van der Waals surface area contributed by atoms with Gasteiger partial charge in [-0.15, -0.1) is 11.3 Å². The lowest BCUT2D eigenvalue weighted by Gasteiger charge is -2.43. The van der Waals surface area contributed by atoms with Gasteiger partial charge in [0.15, 0.2) is 0 Å². The van der Waals surface area contributed by atoms with Gasteiger partial charge in [0.25, 0.3) is 6.71 Å².